The predicted octanol–water partition coefficient (Wildman–Crippen LogP) is -2.43. The summed E-state index contributed by atoms with van der Waals surface area (Å²) in [5.74, 6) is 0. The van der Waals surface area contributed by atoms with Gasteiger partial charge < -0.3 is 17.0 Å². The van der Waals surface area contributed by atoms with Crippen molar-refractivity contribution in [3.8, 4) is 0 Å². The van der Waals surface area contributed by atoms with E-state index in [1.54, 1.807) is 6.92 Å². The SMILES string of the molecule is CC=NO.[C-]#N.[Na+]. The molecule has 0 atom stereocenters. The third-order valence-electron chi connectivity index (χ3n) is 0.115. The van der Waals surface area contributed by atoms with Crippen LogP contribution in [0.1, 0.15) is 6.92 Å². The topological polar surface area (TPSA) is 56.4 Å². The second-order valence-corrected chi connectivity index (χ2v) is 0.374. The smallest absolute Gasteiger partial charge is 0.512 e. The van der Waals surface area contributed by atoms with E-state index in [9.17, 15) is 0 Å². The number of hydrogen-bond acceptors (Lipinski definition) is 3. The Balaban J connectivity index is -0.0000000480. The second-order valence-electron chi connectivity index (χ2n) is 0.374. The van der Waals surface area contributed by atoms with E-state index in [4.69, 9.17) is 17.0 Å². The Hall–Kier alpha value is -0.0400. The largest absolute Gasteiger partial charge is 1.00 e. The van der Waals surface area contributed by atoms with E-state index in [-0.39, 0.29) is 29.6 Å². The zero-order valence-corrected chi connectivity index (χ0v) is 6.42. The van der Waals surface area contributed by atoms with Crippen LogP contribution in [0, 0.1) is 11.8 Å². The molecule has 0 aliphatic heterocycles. The van der Waals surface area contributed by atoms with Crippen molar-refractivity contribution < 1.29 is 34.8 Å². The van der Waals surface area contributed by atoms with Crippen LogP contribution in [-0.4, -0.2) is 11.4 Å². The number of oxime groups is 1. The molecule has 3 nitrogen and oxygen atoms in total. The minimum atomic E-state index is 0. The van der Waals surface area contributed by atoms with Crippen molar-refractivity contribution in [3.63, 3.8) is 0 Å². The first-order valence-corrected chi connectivity index (χ1v) is 1.26. The summed E-state index contributed by atoms with van der Waals surface area (Å²) in [7, 11) is 0. The van der Waals surface area contributed by atoms with Crippen LogP contribution in [0.25, 0.3) is 0 Å². The molecule has 0 bridgehead atoms. The van der Waals surface area contributed by atoms with Crippen molar-refractivity contribution in [3.05, 3.63) is 6.57 Å². The monoisotopic (exact) mass is 108 g/mol. The zero-order chi connectivity index (χ0) is 5.41. The van der Waals surface area contributed by atoms with Gasteiger partial charge in [-0.05, 0) is 6.92 Å². The fourth-order valence-corrected chi connectivity index (χ4v) is 0. The zero-order valence-electron chi connectivity index (χ0n) is 4.42. The molecule has 0 amide bonds. The first kappa shape index (κ1) is 15.8. The quantitative estimate of drug-likeness (QED) is 0.123. The van der Waals surface area contributed by atoms with Crippen LogP contribution in [-0.2, 0) is 0 Å². The van der Waals surface area contributed by atoms with Gasteiger partial charge in [-0.25, -0.2) is 0 Å². The minimum Gasteiger partial charge on any atom is -0.512 e. The Morgan fingerprint density at radius 2 is 1.86 bits per heavy atom. The molecular formula is C3H5N2NaO. The van der Waals surface area contributed by atoms with Gasteiger partial charge in [0.05, 0.1) is 0 Å². The van der Waals surface area contributed by atoms with Gasteiger partial charge >= 0.3 is 29.6 Å². The number of rotatable bonds is 0. The fourth-order valence-electron chi connectivity index (χ4n) is 0. The molecule has 0 saturated carbocycles. The molecule has 0 heterocycles. The molecule has 0 aromatic heterocycles. The molecule has 1 N–H and O–H groups in total. The van der Waals surface area contributed by atoms with Gasteiger partial charge in [-0.1, -0.05) is 0 Å². The van der Waals surface area contributed by atoms with E-state index in [0.29, 0.717) is 0 Å². The van der Waals surface area contributed by atoms with Gasteiger partial charge in [0, 0.05) is 6.21 Å². The van der Waals surface area contributed by atoms with E-state index in [1.807, 2.05) is 0 Å². The van der Waals surface area contributed by atoms with E-state index >= 15 is 0 Å². The van der Waals surface area contributed by atoms with Crippen LogP contribution < -0.4 is 29.6 Å². The molecule has 34 valence electrons. The summed E-state index contributed by atoms with van der Waals surface area (Å²) < 4.78 is 0. The maximum Gasteiger partial charge on any atom is 1.00 e. The maximum atomic E-state index is 7.44. The summed E-state index contributed by atoms with van der Waals surface area (Å²) in [5.41, 5.74) is 0. The molecule has 7 heavy (non-hydrogen) atoms. The predicted molar refractivity (Wildman–Crippen MR) is 20.9 cm³/mol. The molecule has 0 radical (unpaired) electrons. The van der Waals surface area contributed by atoms with E-state index in [1.165, 1.54) is 6.21 Å². The molecule has 0 unspecified atom stereocenters. The first-order chi connectivity index (χ1) is 2.91. The van der Waals surface area contributed by atoms with Crippen LogP contribution in [0.15, 0.2) is 5.16 Å². The van der Waals surface area contributed by atoms with E-state index in [2.05, 4.69) is 5.16 Å². The maximum absolute atomic E-state index is 7.44. The molecule has 0 spiro atoms. The van der Waals surface area contributed by atoms with Gasteiger partial charge in [-0.2, -0.15) is 0 Å². The molecule has 0 fully saturated rings. The molecule has 4 heteroatoms. The Morgan fingerprint density at radius 3 is 1.86 bits per heavy atom. The van der Waals surface area contributed by atoms with Crippen LogP contribution in [0.5, 0.6) is 0 Å². The van der Waals surface area contributed by atoms with Crippen molar-refractivity contribution in [2.45, 2.75) is 6.92 Å². The van der Waals surface area contributed by atoms with Crippen LogP contribution in [0.4, 0.5) is 0 Å². The Kier molecular flexibility index (Phi) is 86.0. The average Bonchev–Trinajstić information content (AvgIpc) is 1.72. The third kappa shape index (κ3) is 101. The third-order valence-corrected chi connectivity index (χ3v) is 0.115. The summed E-state index contributed by atoms with van der Waals surface area (Å²) in [6.45, 7) is 6.39. The Labute approximate surface area is 64.9 Å². The molecule has 0 rings (SSSR count). The Morgan fingerprint density at radius 1 is 1.71 bits per heavy atom. The van der Waals surface area contributed by atoms with Crippen molar-refractivity contribution in [1.82, 2.24) is 0 Å². The summed E-state index contributed by atoms with van der Waals surface area (Å²) in [4.78, 5) is 0. The average molecular weight is 108 g/mol. The minimum absolute atomic E-state index is 0. The van der Waals surface area contributed by atoms with Crippen LogP contribution in [0.3, 0.4) is 0 Å². The summed E-state index contributed by atoms with van der Waals surface area (Å²) in [6.07, 6.45) is 1.31. The molecule has 0 aliphatic carbocycles. The van der Waals surface area contributed by atoms with Gasteiger partial charge in [-0.3, -0.25) is 0 Å². The first-order valence-electron chi connectivity index (χ1n) is 1.26. The van der Waals surface area contributed by atoms with E-state index in [0.717, 1.165) is 0 Å². The van der Waals surface area contributed by atoms with E-state index < -0.39 is 0 Å². The molecule has 0 aromatic carbocycles. The van der Waals surface area contributed by atoms with Crippen LogP contribution in [0.2, 0.25) is 0 Å². The summed E-state index contributed by atoms with van der Waals surface area (Å²) >= 11 is 0. The van der Waals surface area contributed by atoms with Crippen molar-refractivity contribution in [1.29, 1.82) is 5.26 Å². The number of nitrogens with zero attached hydrogens (tertiary/aromatic N) is 2. The van der Waals surface area contributed by atoms with Crippen molar-refractivity contribution in [2.75, 3.05) is 0 Å². The van der Waals surface area contributed by atoms with Gasteiger partial charge in [0.1, 0.15) is 0 Å². The van der Waals surface area contributed by atoms with Gasteiger partial charge in [0.15, 0.2) is 0 Å². The van der Waals surface area contributed by atoms with Gasteiger partial charge in [0.2, 0.25) is 0 Å². The van der Waals surface area contributed by atoms with Crippen LogP contribution >= 0.6 is 0 Å². The standard InChI is InChI=1S/C2H5NO.CN.Na/c1-2-3-4;1-2;/h2,4H,1H3;;/q;-1;+1. The van der Waals surface area contributed by atoms with Crippen molar-refractivity contribution >= 4 is 6.21 Å². The summed E-state index contributed by atoms with van der Waals surface area (Å²) in [6, 6.07) is 0. The normalized spacial score (nSPS) is 5.57. The molecule has 0 aliphatic rings. The van der Waals surface area contributed by atoms with Gasteiger partial charge in [0.25, 0.3) is 0 Å². The molecule has 0 aromatic rings. The van der Waals surface area contributed by atoms with Gasteiger partial charge in [-0.15, -0.1) is 5.16 Å². The second kappa shape index (κ2) is 38.2. The Bertz CT molecular complexity index is 48.1. The number of hydrogen-bond donors (Lipinski definition) is 1. The molecule has 0 saturated heterocycles. The van der Waals surface area contributed by atoms with Crippen molar-refractivity contribution in [2.24, 2.45) is 5.16 Å². The fraction of sp³-hybridized carbons (Fsp3) is 0.333. The summed E-state index contributed by atoms with van der Waals surface area (Å²) in [5, 5.41) is 16.3. The molecular weight excluding hydrogens is 103 g/mol.